The second kappa shape index (κ2) is 3.13. The van der Waals surface area contributed by atoms with Crippen LogP contribution in [-0.4, -0.2) is 31.4 Å². The van der Waals surface area contributed by atoms with Gasteiger partial charge in [-0.05, 0) is 6.92 Å². The lowest BCUT2D eigenvalue weighted by atomic mass is 10.4. The summed E-state index contributed by atoms with van der Waals surface area (Å²) < 4.78 is 7.07. The van der Waals surface area contributed by atoms with Crippen molar-refractivity contribution in [3.63, 3.8) is 0 Å². The average Bonchev–Trinajstić information content (AvgIpc) is 2.83. The number of aryl methyl sites for hydroxylation is 1. The Bertz CT molecular complexity index is 487. The average molecular weight is 206 g/mol. The molecule has 1 aliphatic heterocycles. The molecule has 3 rings (SSSR count). The highest BCUT2D eigenvalue weighted by molar-refractivity contribution is 5.40. The van der Waals surface area contributed by atoms with Gasteiger partial charge in [0.15, 0.2) is 5.82 Å². The van der Waals surface area contributed by atoms with E-state index in [1.807, 2.05) is 4.57 Å². The molecule has 2 aromatic rings. The van der Waals surface area contributed by atoms with Gasteiger partial charge < -0.3 is 14.4 Å². The van der Waals surface area contributed by atoms with E-state index in [0.717, 1.165) is 25.5 Å². The second-order valence-electron chi connectivity index (χ2n) is 3.41. The minimum absolute atomic E-state index is 0.438. The van der Waals surface area contributed by atoms with Gasteiger partial charge in [0.2, 0.25) is 5.82 Å². The molecule has 0 bridgehead atoms. The number of fused-ring (bicyclic) bond motifs is 1. The maximum absolute atomic E-state index is 5.07. The standard InChI is InChI=1S/C8H10N6O/c1-5-10-8(15-13-5)7-12-11-6-4-9-2-3-14(6)7/h9H,2-4H2,1H3. The fraction of sp³-hybridized carbons (Fsp3) is 0.500. The van der Waals surface area contributed by atoms with E-state index in [-0.39, 0.29) is 0 Å². The molecule has 1 N–H and O–H groups in total. The Morgan fingerprint density at radius 1 is 1.40 bits per heavy atom. The predicted molar refractivity (Wildman–Crippen MR) is 49.8 cm³/mol. The van der Waals surface area contributed by atoms with E-state index in [2.05, 4.69) is 25.7 Å². The number of nitrogens with one attached hydrogen (secondary N) is 1. The number of hydrogen-bond donors (Lipinski definition) is 1. The zero-order valence-electron chi connectivity index (χ0n) is 8.27. The van der Waals surface area contributed by atoms with Crippen LogP contribution in [0.25, 0.3) is 11.7 Å². The van der Waals surface area contributed by atoms with E-state index < -0.39 is 0 Å². The quantitative estimate of drug-likeness (QED) is 0.692. The summed E-state index contributed by atoms with van der Waals surface area (Å²) in [6, 6.07) is 0. The van der Waals surface area contributed by atoms with Crippen LogP contribution in [-0.2, 0) is 13.1 Å². The molecule has 0 radical (unpaired) electrons. The molecule has 2 aromatic heterocycles. The molecule has 0 unspecified atom stereocenters. The van der Waals surface area contributed by atoms with E-state index in [1.165, 1.54) is 0 Å². The highest BCUT2D eigenvalue weighted by Gasteiger charge is 2.20. The first-order chi connectivity index (χ1) is 7.34. The zero-order chi connectivity index (χ0) is 10.3. The van der Waals surface area contributed by atoms with Crippen LogP contribution >= 0.6 is 0 Å². The van der Waals surface area contributed by atoms with Crippen molar-refractivity contribution < 1.29 is 4.52 Å². The molecule has 3 heterocycles. The minimum Gasteiger partial charge on any atom is -0.330 e. The summed E-state index contributed by atoms with van der Waals surface area (Å²) in [6.45, 7) is 4.26. The van der Waals surface area contributed by atoms with Gasteiger partial charge in [0.05, 0.1) is 6.54 Å². The third-order valence-corrected chi connectivity index (χ3v) is 2.34. The third kappa shape index (κ3) is 1.32. The molecule has 1 aliphatic rings. The molecule has 7 heteroatoms. The van der Waals surface area contributed by atoms with Gasteiger partial charge in [0.25, 0.3) is 5.89 Å². The maximum atomic E-state index is 5.07. The van der Waals surface area contributed by atoms with Crippen LogP contribution in [0.4, 0.5) is 0 Å². The molecule has 0 aliphatic carbocycles. The Morgan fingerprint density at radius 3 is 3.13 bits per heavy atom. The highest BCUT2D eigenvalue weighted by Crippen LogP contribution is 2.17. The summed E-state index contributed by atoms with van der Waals surface area (Å²) in [4.78, 5) is 4.14. The fourth-order valence-corrected chi connectivity index (χ4v) is 1.64. The smallest absolute Gasteiger partial charge is 0.295 e. The van der Waals surface area contributed by atoms with Crippen LogP contribution in [0.15, 0.2) is 4.52 Å². The topological polar surface area (TPSA) is 81.7 Å². The number of nitrogens with zero attached hydrogens (tertiary/aromatic N) is 5. The maximum Gasteiger partial charge on any atom is 0.295 e. The van der Waals surface area contributed by atoms with Crippen LogP contribution < -0.4 is 5.32 Å². The van der Waals surface area contributed by atoms with Crippen molar-refractivity contribution in [2.45, 2.75) is 20.0 Å². The molecule has 0 amide bonds. The van der Waals surface area contributed by atoms with Gasteiger partial charge in [0.1, 0.15) is 5.82 Å². The van der Waals surface area contributed by atoms with Crippen LogP contribution in [0.5, 0.6) is 0 Å². The first-order valence-corrected chi connectivity index (χ1v) is 4.78. The normalized spacial score (nSPS) is 15.3. The molecule has 15 heavy (non-hydrogen) atoms. The fourth-order valence-electron chi connectivity index (χ4n) is 1.64. The van der Waals surface area contributed by atoms with Crippen molar-refractivity contribution in [2.24, 2.45) is 0 Å². The van der Waals surface area contributed by atoms with Gasteiger partial charge in [0, 0.05) is 13.1 Å². The van der Waals surface area contributed by atoms with Gasteiger partial charge in [-0.3, -0.25) is 0 Å². The van der Waals surface area contributed by atoms with Crippen LogP contribution in [0.3, 0.4) is 0 Å². The lowest BCUT2D eigenvalue weighted by Crippen LogP contribution is -2.28. The van der Waals surface area contributed by atoms with Crippen molar-refractivity contribution in [1.82, 2.24) is 30.2 Å². The van der Waals surface area contributed by atoms with E-state index in [9.17, 15) is 0 Å². The summed E-state index contributed by atoms with van der Waals surface area (Å²) >= 11 is 0. The van der Waals surface area contributed by atoms with Crippen molar-refractivity contribution >= 4 is 0 Å². The van der Waals surface area contributed by atoms with Crippen LogP contribution in [0, 0.1) is 6.92 Å². The van der Waals surface area contributed by atoms with Gasteiger partial charge in [-0.25, -0.2) is 0 Å². The summed E-state index contributed by atoms with van der Waals surface area (Å²) in [6.07, 6.45) is 0. The van der Waals surface area contributed by atoms with Crippen molar-refractivity contribution in [1.29, 1.82) is 0 Å². The second-order valence-corrected chi connectivity index (χ2v) is 3.41. The van der Waals surface area contributed by atoms with Crippen molar-refractivity contribution in [2.75, 3.05) is 6.54 Å². The molecule has 0 atom stereocenters. The Hall–Kier alpha value is -1.76. The van der Waals surface area contributed by atoms with E-state index in [0.29, 0.717) is 17.5 Å². The Balaban J connectivity index is 2.08. The molecule has 78 valence electrons. The molecule has 0 spiro atoms. The van der Waals surface area contributed by atoms with Crippen LogP contribution in [0.1, 0.15) is 11.6 Å². The number of aromatic nitrogens is 5. The minimum atomic E-state index is 0.438. The largest absolute Gasteiger partial charge is 0.330 e. The molecule has 0 saturated carbocycles. The summed E-state index contributed by atoms with van der Waals surface area (Å²) in [7, 11) is 0. The Kier molecular flexibility index (Phi) is 1.78. The monoisotopic (exact) mass is 206 g/mol. The number of rotatable bonds is 1. The highest BCUT2D eigenvalue weighted by atomic mass is 16.5. The van der Waals surface area contributed by atoms with Gasteiger partial charge >= 0.3 is 0 Å². The molecule has 7 nitrogen and oxygen atoms in total. The Labute approximate surface area is 85.5 Å². The molecular formula is C8H10N6O. The van der Waals surface area contributed by atoms with E-state index in [1.54, 1.807) is 6.92 Å². The van der Waals surface area contributed by atoms with Crippen molar-refractivity contribution in [3.05, 3.63) is 11.6 Å². The van der Waals surface area contributed by atoms with Gasteiger partial charge in [-0.2, -0.15) is 4.98 Å². The van der Waals surface area contributed by atoms with E-state index in [4.69, 9.17) is 4.52 Å². The predicted octanol–water partition coefficient (Wildman–Crippen LogP) is -0.260. The summed E-state index contributed by atoms with van der Waals surface area (Å²) in [5.74, 6) is 2.61. The van der Waals surface area contributed by atoms with Gasteiger partial charge in [-0.15, -0.1) is 10.2 Å². The SMILES string of the molecule is Cc1noc(-c2nnc3n2CCNC3)n1. The molecule has 0 aromatic carbocycles. The lowest BCUT2D eigenvalue weighted by molar-refractivity contribution is 0.417. The summed E-state index contributed by atoms with van der Waals surface area (Å²) in [5, 5.41) is 15.1. The third-order valence-electron chi connectivity index (χ3n) is 2.34. The molecule has 0 fully saturated rings. The first kappa shape index (κ1) is 8.54. The number of hydrogen-bond acceptors (Lipinski definition) is 6. The Morgan fingerprint density at radius 2 is 2.33 bits per heavy atom. The molecule has 0 saturated heterocycles. The molecular weight excluding hydrogens is 196 g/mol. The lowest BCUT2D eigenvalue weighted by Gasteiger charge is -2.14. The van der Waals surface area contributed by atoms with Crippen LogP contribution in [0.2, 0.25) is 0 Å². The zero-order valence-corrected chi connectivity index (χ0v) is 8.27. The first-order valence-electron chi connectivity index (χ1n) is 4.78. The van der Waals surface area contributed by atoms with Gasteiger partial charge in [-0.1, -0.05) is 5.16 Å². The van der Waals surface area contributed by atoms with Crippen molar-refractivity contribution in [3.8, 4) is 11.7 Å². The van der Waals surface area contributed by atoms with E-state index >= 15 is 0 Å². The summed E-state index contributed by atoms with van der Waals surface area (Å²) in [5.41, 5.74) is 0.